The highest BCUT2D eigenvalue weighted by Crippen LogP contribution is 2.37. The lowest BCUT2D eigenvalue weighted by molar-refractivity contribution is -0.131. The zero-order chi connectivity index (χ0) is 21.8. The molecule has 1 heterocycles. The van der Waals surface area contributed by atoms with Crippen LogP contribution in [0.1, 0.15) is 27.8 Å². The van der Waals surface area contributed by atoms with Crippen molar-refractivity contribution in [3.8, 4) is 17.2 Å². The van der Waals surface area contributed by atoms with Gasteiger partial charge in [0.15, 0.2) is 11.5 Å². The van der Waals surface area contributed by atoms with Gasteiger partial charge >= 0.3 is 5.97 Å². The van der Waals surface area contributed by atoms with E-state index < -0.39 is 5.97 Å². The van der Waals surface area contributed by atoms with E-state index in [1.54, 1.807) is 19.3 Å². The Kier molecular flexibility index (Phi) is 6.14. The number of hydrogen-bond acceptors (Lipinski definition) is 4. The maximum Gasteiger partial charge on any atom is 0.328 e. The molecule has 1 aliphatic rings. The predicted molar refractivity (Wildman–Crippen MR) is 119 cm³/mol. The van der Waals surface area contributed by atoms with Gasteiger partial charge in [0.05, 0.1) is 7.11 Å². The second kappa shape index (κ2) is 9.14. The van der Waals surface area contributed by atoms with Crippen LogP contribution in [0.25, 0.3) is 6.08 Å². The van der Waals surface area contributed by atoms with Gasteiger partial charge in [0.1, 0.15) is 5.75 Å². The van der Waals surface area contributed by atoms with E-state index in [1.807, 2.05) is 24.3 Å². The molecule has 0 aliphatic carbocycles. The van der Waals surface area contributed by atoms with Crippen molar-refractivity contribution in [1.29, 1.82) is 0 Å². The first kappa shape index (κ1) is 20.8. The lowest BCUT2D eigenvalue weighted by Gasteiger charge is -2.10. The monoisotopic (exact) mass is 436 g/mol. The highest BCUT2D eigenvalue weighted by atomic mass is 35.5. The van der Waals surface area contributed by atoms with Gasteiger partial charge in [0.2, 0.25) is 6.79 Å². The smallest absolute Gasteiger partial charge is 0.328 e. The number of benzene rings is 3. The van der Waals surface area contributed by atoms with Crippen molar-refractivity contribution < 1.29 is 24.1 Å². The molecule has 0 radical (unpaired) electrons. The summed E-state index contributed by atoms with van der Waals surface area (Å²) >= 11 is 6.40. The van der Waals surface area contributed by atoms with E-state index in [4.69, 9.17) is 30.9 Å². The van der Waals surface area contributed by atoms with Crippen LogP contribution in [0.5, 0.6) is 17.2 Å². The maximum atomic E-state index is 10.9. The number of hydrogen-bond donors (Lipinski definition) is 1. The molecule has 0 bridgehead atoms. The molecule has 4 rings (SSSR count). The number of methoxy groups -OCH3 is 1. The zero-order valence-corrected chi connectivity index (χ0v) is 17.7. The van der Waals surface area contributed by atoms with E-state index in [2.05, 4.69) is 24.3 Å². The molecule has 3 aromatic rings. The fourth-order valence-electron chi connectivity index (χ4n) is 3.50. The van der Waals surface area contributed by atoms with Gasteiger partial charge < -0.3 is 19.3 Å². The summed E-state index contributed by atoms with van der Waals surface area (Å²) in [6.07, 6.45) is 4.08. The minimum Gasteiger partial charge on any atom is -0.497 e. The average Bonchev–Trinajstić information content (AvgIpc) is 3.21. The van der Waals surface area contributed by atoms with E-state index in [0.717, 1.165) is 45.4 Å². The Bertz CT molecular complexity index is 1140. The topological polar surface area (TPSA) is 65.0 Å². The fourth-order valence-corrected chi connectivity index (χ4v) is 3.72. The molecule has 0 saturated carbocycles. The van der Waals surface area contributed by atoms with Gasteiger partial charge in [-0.05, 0) is 64.9 Å². The summed E-state index contributed by atoms with van der Waals surface area (Å²) in [6, 6.07) is 17.6. The van der Waals surface area contributed by atoms with Crippen molar-refractivity contribution in [3.63, 3.8) is 0 Å². The van der Waals surface area contributed by atoms with E-state index in [-0.39, 0.29) is 6.79 Å². The number of aliphatic carboxylic acids is 1. The molecular formula is C25H21ClO5. The number of ether oxygens (including phenoxy) is 3. The van der Waals surface area contributed by atoms with Crippen LogP contribution in [-0.4, -0.2) is 25.0 Å². The molecule has 1 N–H and O–H groups in total. The van der Waals surface area contributed by atoms with Crippen molar-refractivity contribution in [3.05, 3.63) is 93.5 Å². The number of fused-ring (bicyclic) bond motifs is 1. The van der Waals surface area contributed by atoms with Gasteiger partial charge in [-0.2, -0.15) is 0 Å². The zero-order valence-electron chi connectivity index (χ0n) is 16.9. The molecule has 0 amide bonds. The molecule has 6 heteroatoms. The second-order valence-corrected chi connectivity index (χ2v) is 7.61. The van der Waals surface area contributed by atoms with Crippen molar-refractivity contribution in [2.24, 2.45) is 0 Å². The summed E-state index contributed by atoms with van der Waals surface area (Å²) in [5, 5.41) is 9.60. The standard InChI is InChI=1S/C25H21ClO5/c1-29-21-8-6-18(7-9-25(27)28)19(12-21)10-16-2-4-17(5-3-16)11-20-13-23-24(14-22(20)26)31-15-30-23/h2-9,12-14H,10-11,15H2,1H3,(H,27,28). The van der Waals surface area contributed by atoms with Crippen molar-refractivity contribution in [2.45, 2.75) is 12.8 Å². The van der Waals surface area contributed by atoms with Crippen LogP contribution in [0.2, 0.25) is 5.02 Å². The third-order valence-electron chi connectivity index (χ3n) is 5.11. The van der Waals surface area contributed by atoms with Gasteiger partial charge in [-0.15, -0.1) is 0 Å². The van der Waals surface area contributed by atoms with Crippen LogP contribution in [0.15, 0.2) is 60.7 Å². The quantitative estimate of drug-likeness (QED) is 0.505. The molecular weight excluding hydrogens is 416 g/mol. The Morgan fingerprint density at radius 1 is 1.00 bits per heavy atom. The lowest BCUT2D eigenvalue weighted by atomic mass is 9.97. The normalized spacial score (nSPS) is 12.3. The molecule has 0 aromatic heterocycles. The third kappa shape index (κ3) is 5.01. The lowest BCUT2D eigenvalue weighted by Crippen LogP contribution is -1.96. The molecule has 0 fully saturated rings. The van der Waals surface area contributed by atoms with Crippen molar-refractivity contribution in [1.82, 2.24) is 0 Å². The SMILES string of the molecule is COc1ccc(C=CC(=O)O)c(Cc2ccc(Cc3cc4c(cc3Cl)OCO4)cc2)c1. The number of rotatable bonds is 7. The molecule has 0 spiro atoms. The van der Waals surface area contributed by atoms with Crippen molar-refractivity contribution >= 4 is 23.6 Å². The molecule has 0 atom stereocenters. The summed E-state index contributed by atoms with van der Waals surface area (Å²) in [5.74, 6) is 1.15. The summed E-state index contributed by atoms with van der Waals surface area (Å²) in [4.78, 5) is 10.9. The average molecular weight is 437 g/mol. The largest absolute Gasteiger partial charge is 0.497 e. The number of carboxylic acids is 1. The Morgan fingerprint density at radius 3 is 2.29 bits per heavy atom. The van der Waals surface area contributed by atoms with E-state index in [1.165, 1.54) is 0 Å². The highest BCUT2D eigenvalue weighted by molar-refractivity contribution is 6.31. The molecule has 3 aromatic carbocycles. The molecule has 158 valence electrons. The van der Waals surface area contributed by atoms with Crippen LogP contribution in [0, 0.1) is 0 Å². The minimum absolute atomic E-state index is 0.220. The van der Waals surface area contributed by atoms with E-state index in [9.17, 15) is 4.79 Å². The summed E-state index contributed by atoms with van der Waals surface area (Å²) in [5.41, 5.74) is 5.05. The summed E-state index contributed by atoms with van der Waals surface area (Å²) < 4.78 is 16.1. The van der Waals surface area contributed by atoms with Gasteiger partial charge in [0, 0.05) is 17.2 Å². The van der Waals surface area contributed by atoms with Crippen molar-refractivity contribution in [2.75, 3.05) is 13.9 Å². The van der Waals surface area contributed by atoms with E-state index in [0.29, 0.717) is 23.6 Å². The number of carboxylic acid groups (broad SMARTS) is 1. The van der Waals surface area contributed by atoms with Gasteiger partial charge in [-0.25, -0.2) is 4.79 Å². The molecule has 5 nitrogen and oxygen atoms in total. The Morgan fingerprint density at radius 2 is 1.65 bits per heavy atom. The number of carbonyl (C=O) groups is 1. The molecule has 31 heavy (non-hydrogen) atoms. The summed E-state index contributed by atoms with van der Waals surface area (Å²) in [6.45, 7) is 0.220. The molecule has 0 unspecified atom stereocenters. The molecule has 1 aliphatic heterocycles. The van der Waals surface area contributed by atoms with Crippen LogP contribution >= 0.6 is 11.6 Å². The Labute approximate surface area is 185 Å². The predicted octanol–water partition coefficient (Wildman–Crippen LogP) is 5.36. The van der Waals surface area contributed by atoms with Gasteiger partial charge in [-0.3, -0.25) is 0 Å². The van der Waals surface area contributed by atoms with Gasteiger partial charge in [-0.1, -0.05) is 41.9 Å². The second-order valence-electron chi connectivity index (χ2n) is 7.20. The molecule has 0 saturated heterocycles. The van der Waals surface area contributed by atoms with Crippen LogP contribution in [0.3, 0.4) is 0 Å². The fraction of sp³-hybridized carbons (Fsp3) is 0.160. The maximum absolute atomic E-state index is 10.9. The summed E-state index contributed by atoms with van der Waals surface area (Å²) in [7, 11) is 1.61. The Hall–Kier alpha value is -3.44. The van der Waals surface area contributed by atoms with Gasteiger partial charge in [0.25, 0.3) is 0 Å². The van der Waals surface area contributed by atoms with Crippen LogP contribution < -0.4 is 14.2 Å². The first-order valence-electron chi connectivity index (χ1n) is 9.75. The van der Waals surface area contributed by atoms with Crippen LogP contribution in [0.4, 0.5) is 0 Å². The van der Waals surface area contributed by atoms with E-state index >= 15 is 0 Å². The van der Waals surface area contributed by atoms with Crippen LogP contribution in [-0.2, 0) is 17.6 Å². The first-order chi connectivity index (χ1) is 15.0. The Balaban J connectivity index is 1.52. The first-order valence-corrected chi connectivity index (χ1v) is 10.1. The minimum atomic E-state index is -0.978. The highest BCUT2D eigenvalue weighted by Gasteiger charge is 2.16. The number of halogens is 1. The third-order valence-corrected chi connectivity index (χ3v) is 5.46.